The molecule has 3 aromatic rings. The van der Waals surface area contributed by atoms with Crippen molar-refractivity contribution in [2.75, 3.05) is 26.3 Å². The molecule has 0 radical (unpaired) electrons. The van der Waals surface area contributed by atoms with E-state index in [2.05, 4.69) is 10.6 Å². The fourth-order valence-corrected chi connectivity index (χ4v) is 5.57. The number of aliphatic carboxylic acids is 1. The Bertz CT molecular complexity index is 1470. The second-order valence-corrected chi connectivity index (χ2v) is 11.6. The van der Waals surface area contributed by atoms with Crippen LogP contribution in [0.4, 0.5) is 13.2 Å². The van der Waals surface area contributed by atoms with Crippen molar-refractivity contribution in [2.45, 2.75) is 44.9 Å². The van der Waals surface area contributed by atoms with Crippen LogP contribution in [0, 0.1) is 6.92 Å². The van der Waals surface area contributed by atoms with Gasteiger partial charge in [0.1, 0.15) is 19.0 Å². The number of rotatable bonds is 10. The molecular weight excluding hydrogens is 640 g/mol. The number of benzene rings is 3. The van der Waals surface area contributed by atoms with E-state index in [4.69, 9.17) is 44.3 Å². The molecular formula is C32H32Cl3F3N2O4. The standard InChI is InChI=1S/C21H21Cl2NO4.C11H11ClF3N/c1-13-10-18(22)20(19(23)11-13)28-9-8-27-15-4-2-14(3-5-15)16-6-7-24-12-17(16)21(25)26;12-10-7(6-16-8-4-5-8)2-1-3-9(10)11(13,14)15/h2-5,10-11,24H,6-9,12H2,1H3,(H,25,26);1-3,8,16H,4-6H2. The zero-order chi connectivity index (χ0) is 31.9. The minimum Gasteiger partial charge on any atom is -0.490 e. The lowest BCUT2D eigenvalue weighted by Gasteiger charge is -2.19. The first-order valence-electron chi connectivity index (χ1n) is 14.0. The van der Waals surface area contributed by atoms with Crippen LogP contribution in [0.1, 0.15) is 41.5 Å². The highest BCUT2D eigenvalue weighted by atomic mass is 35.5. The van der Waals surface area contributed by atoms with Gasteiger partial charge in [0, 0.05) is 19.1 Å². The third kappa shape index (κ3) is 9.52. The van der Waals surface area contributed by atoms with Crippen molar-refractivity contribution in [1.82, 2.24) is 10.6 Å². The number of carbonyl (C=O) groups is 1. The van der Waals surface area contributed by atoms with Crippen LogP contribution in [-0.4, -0.2) is 43.4 Å². The van der Waals surface area contributed by atoms with Crippen LogP contribution >= 0.6 is 34.8 Å². The summed E-state index contributed by atoms with van der Waals surface area (Å²) in [7, 11) is 0. The van der Waals surface area contributed by atoms with Gasteiger partial charge in [-0.1, -0.05) is 59.1 Å². The minimum absolute atomic E-state index is 0.192. The minimum atomic E-state index is -4.38. The Morgan fingerprint density at radius 2 is 1.68 bits per heavy atom. The molecule has 44 heavy (non-hydrogen) atoms. The van der Waals surface area contributed by atoms with Gasteiger partial charge in [0.05, 0.1) is 26.2 Å². The summed E-state index contributed by atoms with van der Waals surface area (Å²) in [6, 6.07) is 15.5. The van der Waals surface area contributed by atoms with E-state index < -0.39 is 17.7 Å². The van der Waals surface area contributed by atoms with E-state index in [1.807, 2.05) is 31.2 Å². The summed E-state index contributed by atoms with van der Waals surface area (Å²) in [6.45, 7) is 4.08. The molecule has 0 bridgehead atoms. The first kappa shape index (κ1) is 33.9. The van der Waals surface area contributed by atoms with Crippen LogP contribution in [-0.2, 0) is 17.5 Å². The Balaban J connectivity index is 0.000000233. The van der Waals surface area contributed by atoms with Gasteiger partial charge in [-0.05, 0) is 85.3 Å². The van der Waals surface area contributed by atoms with Crippen LogP contribution in [0.3, 0.4) is 0 Å². The number of carboxylic acids is 1. The fourth-order valence-electron chi connectivity index (χ4n) is 4.56. The Labute approximate surface area is 269 Å². The van der Waals surface area contributed by atoms with E-state index in [9.17, 15) is 23.1 Å². The number of carboxylic acid groups (broad SMARTS) is 1. The molecule has 1 aliphatic heterocycles. The van der Waals surface area contributed by atoms with Gasteiger partial charge in [-0.3, -0.25) is 0 Å². The van der Waals surface area contributed by atoms with Crippen LogP contribution in [0.5, 0.6) is 11.5 Å². The molecule has 5 rings (SSSR count). The summed E-state index contributed by atoms with van der Waals surface area (Å²) in [5.41, 5.74) is 2.90. The number of halogens is 6. The largest absolute Gasteiger partial charge is 0.490 e. The Kier molecular flexibility index (Phi) is 11.8. The first-order chi connectivity index (χ1) is 20.9. The van der Waals surface area contributed by atoms with Crippen molar-refractivity contribution >= 4 is 46.3 Å². The molecule has 0 aromatic heterocycles. The number of nitrogens with one attached hydrogen (secondary N) is 2. The van der Waals surface area contributed by atoms with Gasteiger partial charge in [0.15, 0.2) is 5.75 Å². The highest BCUT2D eigenvalue weighted by Gasteiger charge is 2.34. The SMILES string of the molecule is Cc1cc(Cl)c(OCCOc2ccc(C3=C(C(=O)O)CNCC3)cc2)c(Cl)c1.FC(F)(F)c1cccc(CNC2CC2)c1Cl. The molecule has 0 amide bonds. The van der Waals surface area contributed by atoms with Crippen molar-refractivity contribution < 1.29 is 32.5 Å². The zero-order valence-corrected chi connectivity index (χ0v) is 26.1. The van der Waals surface area contributed by atoms with Crippen LogP contribution in [0.25, 0.3) is 5.57 Å². The van der Waals surface area contributed by atoms with E-state index in [0.717, 1.165) is 42.2 Å². The summed E-state index contributed by atoms with van der Waals surface area (Å²) in [5.74, 6) is 0.250. The maximum absolute atomic E-state index is 12.5. The van der Waals surface area contributed by atoms with Crippen LogP contribution in [0.2, 0.25) is 15.1 Å². The number of hydrogen-bond acceptors (Lipinski definition) is 5. The molecule has 236 valence electrons. The normalized spacial score (nSPS) is 15.0. The van der Waals surface area contributed by atoms with E-state index >= 15 is 0 Å². The van der Waals surface area contributed by atoms with Gasteiger partial charge >= 0.3 is 12.1 Å². The van der Waals surface area contributed by atoms with Crippen molar-refractivity contribution in [3.05, 3.63) is 97.5 Å². The van der Waals surface area contributed by atoms with E-state index in [0.29, 0.717) is 71.4 Å². The van der Waals surface area contributed by atoms with Gasteiger partial charge in [0.25, 0.3) is 0 Å². The topological polar surface area (TPSA) is 79.8 Å². The van der Waals surface area contributed by atoms with E-state index in [1.165, 1.54) is 6.07 Å². The van der Waals surface area contributed by atoms with Gasteiger partial charge < -0.3 is 25.2 Å². The molecule has 12 heteroatoms. The molecule has 0 atom stereocenters. The highest BCUT2D eigenvalue weighted by Crippen LogP contribution is 2.37. The lowest BCUT2D eigenvalue weighted by molar-refractivity contribution is -0.137. The molecule has 3 aromatic carbocycles. The van der Waals surface area contributed by atoms with Gasteiger partial charge in [-0.15, -0.1) is 0 Å². The second kappa shape index (κ2) is 15.4. The number of hydrogen-bond donors (Lipinski definition) is 3. The summed E-state index contributed by atoms with van der Waals surface area (Å²) in [6.07, 6.45) is -1.51. The maximum Gasteiger partial charge on any atom is 0.417 e. The quantitative estimate of drug-likeness (QED) is 0.189. The Morgan fingerprint density at radius 1 is 1.02 bits per heavy atom. The third-order valence-corrected chi connectivity index (χ3v) is 7.97. The number of alkyl halides is 3. The smallest absolute Gasteiger partial charge is 0.417 e. The van der Waals surface area contributed by atoms with Gasteiger partial charge in [0.2, 0.25) is 0 Å². The summed E-state index contributed by atoms with van der Waals surface area (Å²) in [5, 5.41) is 16.3. The first-order valence-corrected chi connectivity index (χ1v) is 15.1. The predicted octanol–water partition coefficient (Wildman–Crippen LogP) is 8.20. The monoisotopic (exact) mass is 670 g/mol. The Morgan fingerprint density at radius 3 is 2.30 bits per heavy atom. The van der Waals surface area contributed by atoms with Crippen molar-refractivity contribution in [2.24, 2.45) is 0 Å². The average Bonchev–Trinajstić information content (AvgIpc) is 3.80. The van der Waals surface area contributed by atoms with E-state index in [-0.39, 0.29) is 5.02 Å². The lowest BCUT2D eigenvalue weighted by atomic mass is 9.94. The van der Waals surface area contributed by atoms with Gasteiger partial charge in [-0.25, -0.2) is 4.79 Å². The molecule has 1 saturated carbocycles. The average molecular weight is 672 g/mol. The predicted molar refractivity (Wildman–Crippen MR) is 167 cm³/mol. The van der Waals surface area contributed by atoms with Crippen molar-refractivity contribution in [3.63, 3.8) is 0 Å². The zero-order valence-electron chi connectivity index (χ0n) is 23.9. The summed E-state index contributed by atoms with van der Waals surface area (Å²) >= 11 is 18.0. The fraction of sp³-hybridized carbons (Fsp3) is 0.344. The van der Waals surface area contributed by atoms with Crippen LogP contribution in [0.15, 0.2) is 60.2 Å². The molecule has 1 fully saturated rings. The van der Waals surface area contributed by atoms with Gasteiger partial charge in [-0.2, -0.15) is 13.2 Å². The number of aryl methyl sites for hydroxylation is 1. The summed E-state index contributed by atoms with van der Waals surface area (Å²) in [4.78, 5) is 11.4. The van der Waals surface area contributed by atoms with Crippen LogP contribution < -0.4 is 20.1 Å². The lowest BCUT2D eigenvalue weighted by Crippen LogP contribution is -2.28. The number of ether oxygens (including phenoxy) is 2. The molecule has 1 heterocycles. The molecule has 6 nitrogen and oxygen atoms in total. The molecule has 2 aliphatic rings. The van der Waals surface area contributed by atoms with E-state index in [1.54, 1.807) is 18.2 Å². The maximum atomic E-state index is 12.5. The van der Waals surface area contributed by atoms with Crippen molar-refractivity contribution in [3.8, 4) is 11.5 Å². The summed E-state index contributed by atoms with van der Waals surface area (Å²) < 4.78 is 48.9. The molecule has 3 N–H and O–H groups in total. The van der Waals surface area contributed by atoms with Crippen molar-refractivity contribution in [1.29, 1.82) is 0 Å². The molecule has 1 aliphatic carbocycles. The molecule has 0 saturated heterocycles. The second-order valence-electron chi connectivity index (χ2n) is 10.4. The highest BCUT2D eigenvalue weighted by molar-refractivity contribution is 6.37. The Hall–Kier alpha value is -2.95. The molecule has 0 unspecified atom stereocenters. The molecule has 0 spiro atoms. The third-order valence-electron chi connectivity index (χ3n) is 6.96.